The standard InChI is InChI=1S/C18H22F6N2.ClH/c1-10-9-26(11(2)8-25-10)16(12-6-17(20,21)7-12)14-4-3-13(5-15(14)19)18(22,23)24;/h3-5,10-12,16,25H,6-9H2,1-2H3;1H/t10-,11+,16?;/m0./s1. The highest BCUT2D eigenvalue weighted by molar-refractivity contribution is 5.85. The van der Waals surface area contributed by atoms with Crippen LogP contribution in [0.5, 0.6) is 0 Å². The van der Waals surface area contributed by atoms with Gasteiger partial charge in [-0.1, -0.05) is 6.07 Å². The number of hydrogen-bond donors (Lipinski definition) is 1. The number of benzene rings is 1. The van der Waals surface area contributed by atoms with Gasteiger partial charge in [-0.25, -0.2) is 13.2 Å². The summed E-state index contributed by atoms with van der Waals surface area (Å²) in [4.78, 5) is 1.95. The van der Waals surface area contributed by atoms with Gasteiger partial charge in [0.25, 0.3) is 0 Å². The van der Waals surface area contributed by atoms with E-state index in [0.717, 1.165) is 12.1 Å². The molecule has 0 bridgehead atoms. The number of halogens is 7. The first-order chi connectivity index (χ1) is 12.0. The van der Waals surface area contributed by atoms with Crippen LogP contribution in [-0.2, 0) is 6.18 Å². The Morgan fingerprint density at radius 3 is 2.33 bits per heavy atom. The molecule has 2 fully saturated rings. The first-order valence-electron chi connectivity index (χ1n) is 8.71. The second-order valence-electron chi connectivity index (χ2n) is 7.56. The van der Waals surface area contributed by atoms with Crippen LogP contribution in [0.2, 0.25) is 0 Å². The maximum atomic E-state index is 14.6. The molecule has 0 radical (unpaired) electrons. The Morgan fingerprint density at radius 2 is 1.81 bits per heavy atom. The summed E-state index contributed by atoms with van der Waals surface area (Å²) in [7, 11) is 0. The topological polar surface area (TPSA) is 15.3 Å². The lowest BCUT2D eigenvalue weighted by Gasteiger charge is -2.49. The van der Waals surface area contributed by atoms with E-state index in [0.29, 0.717) is 19.2 Å². The van der Waals surface area contributed by atoms with E-state index >= 15 is 0 Å². The lowest BCUT2D eigenvalue weighted by Crippen LogP contribution is -2.58. The average Bonchev–Trinajstić information content (AvgIpc) is 2.49. The second kappa shape index (κ2) is 7.79. The zero-order chi connectivity index (χ0) is 19.3. The number of nitrogens with zero attached hydrogens (tertiary/aromatic N) is 1. The van der Waals surface area contributed by atoms with Gasteiger partial charge in [-0.2, -0.15) is 13.2 Å². The van der Waals surface area contributed by atoms with E-state index in [1.165, 1.54) is 0 Å². The van der Waals surface area contributed by atoms with Gasteiger partial charge in [0.05, 0.1) is 5.56 Å². The summed E-state index contributed by atoms with van der Waals surface area (Å²) in [6.07, 6.45) is -5.39. The predicted molar refractivity (Wildman–Crippen MR) is 92.7 cm³/mol. The molecule has 0 aromatic heterocycles. The van der Waals surface area contributed by atoms with Crippen molar-refractivity contribution in [2.24, 2.45) is 5.92 Å². The summed E-state index contributed by atoms with van der Waals surface area (Å²) < 4.78 is 80.0. The van der Waals surface area contributed by atoms with E-state index in [4.69, 9.17) is 0 Å². The largest absolute Gasteiger partial charge is 0.416 e. The highest BCUT2D eigenvalue weighted by atomic mass is 35.5. The lowest BCUT2D eigenvalue weighted by molar-refractivity contribution is -0.138. The zero-order valence-corrected chi connectivity index (χ0v) is 15.8. The van der Waals surface area contributed by atoms with Crippen LogP contribution in [0.15, 0.2) is 18.2 Å². The SMILES string of the molecule is C[C@@H]1CN[C@@H](C)CN1C(c1ccc(C(F)(F)F)cc1F)C1CC(F)(F)C1.Cl. The molecule has 1 aromatic carbocycles. The van der Waals surface area contributed by atoms with Crippen LogP contribution in [-0.4, -0.2) is 36.0 Å². The van der Waals surface area contributed by atoms with Gasteiger partial charge in [-0.15, -0.1) is 12.4 Å². The van der Waals surface area contributed by atoms with Crippen LogP contribution in [0.3, 0.4) is 0 Å². The molecule has 154 valence electrons. The number of nitrogens with one attached hydrogen (secondary N) is 1. The minimum absolute atomic E-state index is 0. The third kappa shape index (κ3) is 4.71. The van der Waals surface area contributed by atoms with Crippen LogP contribution >= 0.6 is 12.4 Å². The minimum Gasteiger partial charge on any atom is -0.311 e. The van der Waals surface area contributed by atoms with Gasteiger partial charge >= 0.3 is 6.18 Å². The second-order valence-corrected chi connectivity index (χ2v) is 7.56. The molecule has 2 aliphatic rings. The molecule has 0 spiro atoms. The van der Waals surface area contributed by atoms with Crippen LogP contribution in [0.4, 0.5) is 26.3 Å². The summed E-state index contributed by atoms with van der Waals surface area (Å²) >= 11 is 0. The van der Waals surface area contributed by atoms with E-state index in [1.807, 2.05) is 18.7 Å². The monoisotopic (exact) mass is 416 g/mol. The van der Waals surface area contributed by atoms with E-state index in [9.17, 15) is 26.3 Å². The molecule has 2 nitrogen and oxygen atoms in total. The predicted octanol–water partition coefficient (Wildman–Crippen LogP) is 5.03. The molecule has 1 aromatic rings. The third-order valence-electron chi connectivity index (χ3n) is 5.38. The Labute approximate surface area is 160 Å². The summed E-state index contributed by atoms with van der Waals surface area (Å²) in [5.74, 6) is -4.25. The van der Waals surface area contributed by atoms with Crippen LogP contribution < -0.4 is 5.32 Å². The van der Waals surface area contributed by atoms with Crippen molar-refractivity contribution >= 4 is 12.4 Å². The third-order valence-corrected chi connectivity index (χ3v) is 5.38. The van der Waals surface area contributed by atoms with Gasteiger partial charge in [0.1, 0.15) is 5.82 Å². The summed E-state index contributed by atoms with van der Waals surface area (Å²) in [6.45, 7) is 4.98. The van der Waals surface area contributed by atoms with Crippen molar-refractivity contribution in [1.82, 2.24) is 10.2 Å². The van der Waals surface area contributed by atoms with Gasteiger partial charge in [0, 0.05) is 49.6 Å². The van der Waals surface area contributed by atoms with E-state index in [2.05, 4.69) is 5.32 Å². The van der Waals surface area contributed by atoms with Crippen molar-refractivity contribution in [3.05, 3.63) is 35.1 Å². The van der Waals surface area contributed by atoms with Crippen molar-refractivity contribution < 1.29 is 26.3 Å². The molecule has 1 aliphatic carbocycles. The van der Waals surface area contributed by atoms with E-state index < -0.39 is 35.4 Å². The highest BCUT2D eigenvalue weighted by Crippen LogP contribution is 2.51. The number of piperazine rings is 1. The summed E-state index contributed by atoms with van der Waals surface area (Å²) in [6, 6.07) is 1.81. The van der Waals surface area contributed by atoms with Gasteiger partial charge in [-0.3, -0.25) is 4.90 Å². The summed E-state index contributed by atoms with van der Waals surface area (Å²) in [5.41, 5.74) is -1.00. The summed E-state index contributed by atoms with van der Waals surface area (Å²) in [5, 5.41) is 3.27. The molecule has 3 rings (SSSR count). The van der Waals surface area contributed by atoms with Crippen molar-refractivity contribution in [3.8, 4) is 0 Å². The molecule has 9 heteroatoms. The van der Waals surface area contributed by atoms with Crippen molar-refractivity contribution in [2.45, 2.75) is 56.9 Å². The molecule has 1 aliphatic heterocycles. The first-order valence-corrected chi connectivity index (χ1v) is 8.71. The number of hydrogen-bond acceptors (Lipinski definition) is 2. The number of rotatable bonds is 3. The fraction of sp³-hybridized carbons (Fsp3) is 0.667. The van der Waals surface area contributed by atoms with Crippen LogP contribution in [0.1, 0.15) is 43.9 Å². The molecular formula is C18H23ClF6N2. The molecule has 3 atom stereocenters. The van der Waals surface area contributed by atoms with Gasteiger partial charge in [0.15, 0.2) is 0 Å². The van der Waals surface area contributed by atoms with Gasteiger partial charge in [0.2, 0.25) is 5.92 Å². The lowest BCUT2D eigenvalue weighted by atomic mass is 9.73. The molecular weight excluding hydrogens is 394 g/mol. The van der Waals surface area contributed by atoms with Gasteiger partial charge in [-0.05, 0) is 31.9 Å². The van der Waals surface area contributed by atoms with Crippen molar-refractivity contribution in [3.63, 3.8) is 0 Å². The Hall–Kier alpha value is -0.990. The average molecular weight is 417 g/mol. The van der Waals surface area contributed by atoms with Crippen LogP contribution in [0.25, 0.3) is 0 Å². The number of alkyl halides is 5. The molecule has 1 N–H and O–H groups in total. The quantitative estimate of drug-likeness (QED) is 0.695. The Bertz CT molecular complexity index is 658. The molecule has 27 heavy (non-hydrogen) atoms. The zero-order valence-electron chi connectivity index (χ0n) is 15.0. The Balaban J connectivity index is 0.00000261. The van der Waals surface area contributed by atoms with Gasteiger partial charge < -0.3 is 5.32 Å². The molecule has 1 saturated carbocycles. The Kier molecular flexibility index (Phi) is 6.44. The molecule has 1 unspecified atom stereocenters. The fourth-order valence-electron chi connectivity index (χ4n) is 4.01. The van der Waals surface area contributed by atoms with Crippen molar-refractivity contribution in [2.75, 3.05) is 13.1 Å². The fourth-order valence-corrected chi connectivity index (χ4v) is 4.01. The van der Waals surface area contributed by atoms with Crippen molar-refractivity contribution in [1.29, 1.82) is 0 Å². The molecule has 0 amide bonds. The van der Waals surface area contributed by atoms with Crippen LogP contribution in [0, 0.1) is 11.7 Å². The van der Waals surface area contributed by atoms with E-state index in [1.54, 1.807) is 0 Å². The molecule has 1 heterocycles. The smallest absolute Gasteiger partial charge is 0.311 e. The molecule has 1 saturated heterocycles. The maximum Gasteiger partial charge on any atom is 0.416 e. The van der Waals surface area contributed by atoms with E-state index in [-0.39, 0.29) is 42.9 Å². The normalized spacial score (nSPS) is 27.6. The Morgan fingerprint density at radius 1 is 1.19 bits per heavy atom. The maximum absolute atomic E-state index is 14.6. The highest BCUT2D eigenvalue weighted by Gasteiger charge is 2.51. The first kappa shape index (κ1) is 22.3. The minimum atomic E-state index is -4.64.